The number of hydrogen-bond donors (Lipinski definition) is 1. The van der Waals surface area contributed by atoms with Crippen molar-refractivity contribution in [2.45, 2.75) is 40.3 Å². The molecule has 6 heterocycles. The molecule has 0 aliphatic heterocycles. The van der Waals surface area contributed by atoms with Crippen LogP contribution in [0.2, 0.25) is 0 Å². The van der Waals surface area contributed by atoms with E-state index in [9.17, 15) is 42.1 Å². The van der Waals surface area contributed by atoms with Crippen molar-refractivity contribution < 1.29 is 146 Å². The fourth-order valence-corrected chi connectivity index (χ4v) is 6.68. The smallest absolute Gasteiger partial charge is 0.870 e. The molecule has 0 atom stereocenters. The number of terminal acetylenes is 3. The number of nitrogen functional groups attached to an aromatic ring is 1. The Balaban J connectivity index is 0. The van der Waals surface area contributed by atoms with E-state index < -0.39 is 30.8 Å². The van der Waals surface area contributed by atoms with Crippen LogP contribution in [0.4, 0.5) is 14.5 Å². The van der Waals surface area contributed by atoms with Crippen molar-refractivity contribution in [1.82, 2.24) is 40.2 Å². The fourth-order valence-electron chi connectivity index (χ4n) is 5.69. The van der Waals surface area contributed by atoms with Gasteiger partial charge in [-0.05, 0) is 78.3 Å². The SMILES string of the molecule is C#Cc1cc(C(=O)Cc2cnn(Cc3cccc(F)c3)c2)no1.C#Cc1cc(C(=O)OCC)no1.C#Cc1cc([C-]=O)no1.CCOC(=O)c1cc(C=O)on1.COP(=O)(OC)C(=[N+]=[N-])C(C)=O.Cl.Nc1cnn(Cc2cccc(F)c2)c1.O.[K+].[OH-]. The number of ether oxygens (including phenoxy) is 2. The zero-order valence-corrected chi connectivity index (χ0v) is 51.1. The number of ketones is 2. The van der Waals surface area contributed by atoms with E-state index in [1.807, 2.05) is 12.1 Å². The van der Waals surface area contributed by atoms with Gasteiger partial charge in [0.2, 0.25) is 17.3 Å². The number of esters is 2. The molecule has 8 aromatic rings. The molecule has 0 amide bonds. The van der Waals surface area contributed by atoms with E-state index in [2.05, 4.69) is 85.5 Å². The summed E-state index contributed by atoms with van der Waals surface area (Å²) < 4.78 is 77.1. The van der Waals surface area contributed by atoms with Crippen molar-refractivity contribution >= 4 is 67.2 Å². The van der Waals surface area contributed by atoms with Crippen molar-refractivity contribution in [1.29, 1.82) is 0 Å². The maximum absolute atomic E-state index is 13.2. The second kappa shape index (κ2) is 41.9. The monoisotopic (exact) mass is 1260 g/mol. The van der Waals surface area contributed by atoms with Crippen LogP contribution >= 0.6 is 20.0 Å². The van der Waals surface area contributed by atoms with Gasteiger partial charge in [-0.3, -0.25) is 23.7 Å². The summed E-state index contributed by atoms with van der Waals surface area (Å²) in [5.74, 6) is 4.84. The minimum atomic E-state index is -3.70. The van der Waals surface area contributed by atoms with Gasteiger partial charge in [0.1, 0.15) is 17.4 Å². The van der Waals surface area contributed by atoms with Crippen molar-refractivity contribution in [3.8, 4) is 37.0 Å². The zero-order chi connectivity index (χ0) is 60.6. The Labute approximate surface area is 537 Å². The van der Waals surface area contributed by atoms with E-state index in [4.69, 9.17) is 35.1 Å². The van der Waals surface area contributed by atoms with Gasteiger partial charge in [-0.15, -0.1) is 42.9 Å². The van der Waals surface area contributed by atoms with E-state index in [-0.39, 0.29) is 151 Å². The average Bonchev–Trinajstić information content (AvgIpc) is 4.29. The van der Waals surface area contributed by atoms with Crippen LogP contribution in [0.5, 0.6) is 0 Å². The number of anilines is 1. The molecule has 28 nitrogen and oxygen atoms in total. The Morgan fingerprint density at radius 1 is 0.744 bits per heavy atom. The van der Waals surface area contributed by atoms with Gasteiger partial charge in [-0.25, -0.2) is 22.9 Å². The number of nitrogens with zero attached hydrogens (tertiary/aromatic N) is 10. The fraction of sp³-hybridized carbons (Fsp3) is 0.189. The Hall–Kier alpha value is -8.96. The first-order chi connectivity index (χ1) is 39.3. The van der Waals surface area contributed by atoms with Gasteiger partial charge < -0.3 is 63.6 Å². The molecular formula is C53H51ClF2KN11O17P-. The maximum atomic E-state index is 13.2. The summed E-state index contributed by atoms with van der Waals surface area (Å²) >= 11 is 0. The molecule has 0 unspecified atom stereocenters. The number of hydrogen-bond acceptors (Lipinski definition) is 23. The number of rotatable bonds is 17. The van der Waals surface area contributed by atoms with Crippen LogP contribution in [0.3, 0.4) is 0 Å². The molecule has 5 N–H and O–H groups in total. The Morgan fingerprint density at radius 3 is 1.59 bits per heavy atom. The molecule has 0 fully saturated rings. The van der Waals surface area contributed by atoms with Crippen molar-refractivity contribution in [2.24, 2.45) is 0 Å². The largest absolute Gasteiger partial charge is 1.00 e. The van der Waals surface area contributed by atoms with E-state index in [0.717, 1.165) is 37.8 Å². The molecule has 0 spiro atoms. The first-order valence-corrected chi connectivity index (χ1v) is 24.6. The summed E-state index contributed by atoms with van der Waals surface area (Å²) in [6.45, 7) is 6.02. The molecule has 0 saturated heterocycles. The van der Waals surface area contributed by atoms with Crippen LogP contribution in [0.25, 0.3) is 5.53 Å². The number of carbonyl (C=O) groups is 5. The molecule has 0 aliphatic carbocycles. The molecule has 0 saturated carbocycles. The van der Waals surface area contributed by atoms with E-state index >= 15 is 0 Å². The molecule has 0 bridgehead atoms. The van der Waals surface area contributed by atoms with Crippen LogP contribution in [0, 0.1) is 48.7 Å². The summed E-state index contributed by atoms with van der Waals surface area (Å²) in [6, 6.07) is 18.1. The second-order valence-corrected chi connectivity index (χ2v) is 17.3. The number of aromatic nitrogens is 8. The van der Waals surface area contributed by atoms with Crippen LogP contribution in [0.15, 0.2) is 116 Å². The second-order valence-electron chi connectivity index (χ2n) is 15.2. The maximum Gasteiger partial charge on any atom is 1.00 e. The number of carbonyl (C=O) groups excluding carboxylic acids is 6. The average molecular weight is 1260 g/mol. The summed E-state index contributed by atoms with van der Waals surface area (Å²) in [5, 5.41) is 21.8. The topological polar surface area (TPSA) is 420 Å². The predicted molar refractivity (Wildman–Crippen MR) is 294 cm³/mol. The molecule has 2 aromatic carbocycles. The number of nitrogens with two attached hydrogens (primary N) is 1. The summed E-state index contributed by atoms with van der Waals surface area (Å²) in [4.78, 5) is 67.2. The normalized spacial score (nSPS) is 9.40. The molecular weight excluding hydrogens is 1210 g/mol. The van der Waals surface area contributed by atoms with Gasteiger partial charge in [0, 0.05) is 64.4 Å². The van der Waals surface area contributed by atoms with E-state index in [0.29, 0.717) is 31.7 Å². The van der Waals surface area contributed by atoms with Gasteiger partial charge in [0.25, 0.3) is 0 Å². The van der Waals surface area contributed by atoms with Crippen LogP contribution in [0.1, 0.15) is 102 Å². The molecule has 86 heavy (non-hydrogen) atoms. The molecule has 0 aliphatic rings. The van der Waals surface area contributed by atoms with Crippen molar-refractivity contribution in [3.05, 3.63) is 177 Å². The Bertz CT molecular complexity index is 3670. The third-order valence-corrected chi connectivity index (χ3v) is 11.2. The molecule has 0 radical (unpaired) electrons. The molecule has 6 aromatic heterocycles. The first kappa shape index (κ1) is 79.1. The molecule has 448 valence electrons. The number of benzene rings is 2. The minimum absolute atomic E-state index is 0. The van der Waals surface area contributed by atoms with Crippen molar-refractivity contribution in [2.75, 3.05) is 33.2 Å². The molecule has 8 rings (SSSR count). The molecule has 33 heteroatoms. The quantitative estimate of drug-likeness (QED) is 0.0131. The summed E-state index contributed by atoms with van der Waals surface area (Å²) in [7, 11) is -1.51. The van der Waals surface area contributed by atoms with Crippen molar-refractivity contribution in [3.63, 3.8) is 0 Å². The van der Waals surface area contributed by atoms with E-state index in [1.165, 1.54) is 54.8 Å². The summed E-state index contributed by atoms with van der Waals surface area (Å²) in [5.41, 5.74) is 16.6. The number of aldehydes is 1. The predicted octanol–water partition coefficient (Wildman–Crippen LogP) is 2.84. The first-order valence-electron chi connectivity index (χ1n) is 23.0. The van der Waals surface area contributed by atoms with E-state index in [1.54, 1.807) is 60.1 Å². The third-order valence-electron chi connectivity index (χ3n) is 9.28. The van der Waals surface area contributed by atoms with Gasteiger partial charge in [-0.1, -0.05) is 39.7 Å². The Morgan fingerprint density at radius 2 is 1.21 bits per heavy atom. The standard InChI is InChI=1S/C17H12FN3O2.C10H10FN3.C8H7NO3.C7H7NO4.C6H2NO2.C5H9N2O4P.ClH.K.2H2O/c1-2-15-8-16(20-23-15)17(22)7-13-9-19-21(11-13)10-12-4-3-5-14(18)6-12;11-9-3-1-2-8(4-9)6-14-7-10(12)5-13-14;1-3-6-5-7(9-12-6)8(10)11-4-2;1-2-11-7(10)6-3-5(4-9)12-8-6;1-2-6-3-5(4-8)7-9-6;1-4(8)5(7-6)12(9,10-2)11-3;;;;/h1,3-6,8-9,11H,7,10H2;1-5,7H,6,12H2;1,5H,4H2,2H3;3-4H,2H2,1H3;1,3H;1-3H3;1H;;2*1H2/q;;;;-1;;;+1;;/p-1. The van der Waals surface area contributed by atoms with Gasteiger partial charge >= 0.3 is 76.4 Å². The zero-order valence-electron chi connectivity index (χ0n) is 46.3. The van der Waals surface area contributed by atoms with Gasteiger partial charge in [-0.2, -0.15) is 15.0 Å². The number of halogens is 3. The van der Waals surface area contributed by atoms with Crippen LogP contribution in [-0.4, -0.2) is 125 Å². The minimum Gasteiger partial charge on any atom is -0.870 e. The Kier molecular flexibility index (Phi) is 38.6. The number of Topliss-reactive ketones (excluding diaryl/α,β-unsaturated/α-hetero) is 2. The van der Waals surface area contributed by atoms with Crippen LogP contribution in [-0.2, 0) is 52.2 Å². The summed E-state index contributed by atoms with van der Waals surface area (Å²) in [6.07, 6.45) is 23.8. The van der Waals surface area contributed by atoms with Gasteiger partial charge in [0.05, 0.1) is 44.4 Å². The third kappa shape index (κ3) is 27.2. The van der Waals surface area contributed by atoms with Crippen LogP contribution < -0.4 is 57.1 Å². The van der Waals surface area contributed by atoms with Gasteiger partial charge in [0.15, 0.2) is 34.9 Å².